The van der Waals surface area contributed by atoms with E-state index in [9.17, 15) is 14.4 Å². The van der Waals surface area contributed by atoms with Crippen LogP contribution in [0.1, 0.15) is 35.7 Å². The van der Waals surface area contributed by atoms with Gasteiger partial charge in [0, 0.05) is 35.4 Å². The minimum Gasteiger partial charge on any atom is -0.340 e. The fraction of sp³-hybridized carbons (Fsp3) is 0.316. The highest BCUT2D eigenvalue weighted by atomic mass is 79.9. The van der Waals surface area contributed by atoms with Crippen molar-refractivity contribution in [3.05, 3.63) is 69.1 Å². The molecular weight excluding hydrogens is 384 g/mol. The lowest BCUT2D eigenvalue weighted by Crippen LogP contribution is -2.45. The summed E-state index contributed by atoms with van der Waals surface area (Å²) < 4.78 is 2.08. The molecule has 1 saturated heterocycles. The number of amides is 1. The summed E-state index contributed by atoms with van der Waals surface area (Å²) >= 11 is 3.34. The number of aromatic nitrogens is 1. The molecule has 25 heavy (non-hydrogen) atoms. The number of carbonyl (C=O) groups is 2. The van der Waals surface area contributed by atoms with Crippen LogP contribution in [0.4, 0.5) is 0 Å². The van der Waals surface area contributed by atoms with Crippen LogP contribution in [0.2, 0.25) is 0 Å². The number of hydrogen-bond donors (Lipinski definition) is 0. The monoisotopic (exact) mass is 402 g/mol. The van der Waals surface area contributed by atoms with Crippen LogP contribution in [0.5, 0.6) is 0 Å². The van der Waals surface area contributed by atoms with Gasteiger partial charge in [-0.25, -0.2) is 0 Å². The van der Waals surface area contributed by atoms with E-state index in [1.165, 1.54) is 16.8 Å². The third-order valence-electron chi connectivity index (χ3n) is 4.41. The first-order valence-corrected chi connectivity index (χ1v) is 9.13. The van der Waals surface area contributed by atoms with Crippen LogP contribution in [0.3, 0.4) is 0 Å². The van der Waals surface area contributed by atoms with Crippen molar-refractivity contribution >= 4 is 27.6 Å². The average Bonchev–Trinajstić information content (AvgIpc) is 2.64. The third-order valence-corrected chi connectivity index (χ3v) is 4.94. The van der Waals surface area contributed by atoms with Crippen molar-refractivity contribution in [2.75, 3.05) is 13.1 Å². The quantitative estimate of drug-likeness (QED) is 0.583. The normalized spacial score (nSPS) is 15.6. The number of benzene rings is 1. The van der Waals surface area contributed by atoms with E-state index >= 15 is 0 Å². The van der Waals surface area contributed by atoms with E-state index in [0.717, 1.165) is 23.7 Å². The lowest BCUT2D eigenvalue weighted by molar-refractivity contribution is -0.134. The van der Waals surface area contributed by atoms with Crippen molar-refractivity contribution in [3.8, 4) is 0 Å². The zero-order valence-electron chi connectivity index (χ0n) is 13.7. The molecular formula is C19H19BrN2O3. The summed E-state index contributed by atoms with van der Waals surface area (Å²) in [6.45, 7) is 1.26. The van der Waals surface area contributed by atoms with Crippen LogP contribution in [0.15, 0.2) is 57.9 Å². The molecule has 1 aliphatic heterocycles. The van der Waals surface area contributed by atoms with Gasteiger partial charge in [-0.3, -0.25) is 19.0 Å². The summed E-state index contributed by atoms with van der Waals surface area (Å²) in [6, 6.07) is 10.3. The Kier molecular flexibility index (Phi) is 5.48. The topological polar surface area (TPSA) is 59.4 Å². The number of piperidine rings is 1. The van der Waals surface area contributed by atoms with Gasteiger partial charge >= 0.3 is 0 Å². The van der Waals surface area contributed by atoms with Crippen molar-refractivity contribution in [2.24, 2.45) is 0 Å². The number of nitrogens with zero attached hydrogens (tertiary/aromatic N) is 2. The highest BCUT2D eigenvalue weighted by Crippen LogP contribution is 2.21. The molecule has 1 atom stereocenters. The van der Waals surface area contributed by atoms with Crippen LogP contribution in [-0.2, 0) is 4.79 Å². The average molecular weight is 403 g/mol. The van der Waals surface area contributed by atoms with Crippen molar-refractivity contribution in [2.45, 2.75) is 25.3 Å². The van der Waals surface area contributed by atoms with Gasteiger partial charge < -0.3 is 4.90 Å². The second-order valence-corrected chi connectivity index (χ2v) is 7.02. The predicted octanol–water partition coefficient (Wildman–Crippen LogP) is 3.05. The molecule has 1 amide bonds. The van der Waals surface area contributed by atoms with E-state index in [1.54, 1.807) is 41.3 Å². The second-order valence-electron chi connectivity index (χ2n) is 6.11. The first-order chi connectivity index (χ1) is 12.1. The SMILES string of the molecule is O=C(c1ccc(Br)cc1)[C@H](C(=O)N1CCCCC1)n1ccccc1=O. The van der Waals surface area contributed by atoms with Gasteiger partial charge in [0.1, 0.15) is 0 Å². The summed E-state index contributed by atoms with van der Waals surface area (Å²) in [5.74, 6) is -0.669. The number of hydrogen-bond acceptors (Lipinski definition) is 3. The van der Waals surface area contributed by atoms with Crippen molar-refractivity contribution in [1.29, 1.82) is 0 Å². The molecule has 1 aromatic carbocycles. The molecule has 1 aromatic heterocycles. The Hall–Kier alpha value is -2.21. The number of pyridine rings is 1. The van der Waals surface area contributed by atoms with Crippen LogP contribution in [0.25, 0.3) is 0 Å². The minimum absolute atomic E-state index is 0.305. The summed E-state index contributed by atoms with van der Waals surface area (Å²) in [6.07, 6.45) is 4.44. The second kappa shape index (κ2) is 7.78. The van der Waals surface area contributed by atoms with Gasteiger partial charge in [0.05, 0.1) is 0 Å². The molecule has 3 rings (SSSR count). The smallest absolute Gasteiger partial charge is 0.253 e. The van der Waals surface area contributed by atoms with Gasteiger partial charge in [0.25, 0.3) is 11.5 Å². The first kappa shape index (κ1) is 17.6. The fourth-order valence-electron chi connectivity index (χ4n) is 3.07. The zero-order chi connectivity index (χ0) is 17.8. The van der Waals surface area contributed by atoms with Gasteiger partial charge in [0.15, 0.2) is 11.8 Å². The summed E-state index contributed by atoms with van der Waals surface area (Å²) in [4.78, 5) is 40.1. The molecule has 0 radical (unpaired) electrons. The number of halogens is 1. The molecule has 0 unspecified atom stereocenters. The summed E-state index contributed by atoms with van der Waals surface area (Å²) in [7, 11) is 0. The number of ketones is 1. The number of likely N-dealkylation sites (tertiary alicyclic amines) is 1. The van der Waals surface area contributed by atoms with E-state index < -0.39 is 6.04 Å². The molecule has 1 aliphatic rings. The van der Waals surface area contributed by atoms with Crippen molar-refractivity contribution < 1.29 is 9.59 Å². The minimum atomic E-state index is -1.16. The Bertz CT molecular complexity index is 823. The molecule has 130 valence electrons. The third kappa shape index (κ3) is 3.90. The lowest BCUT2D eigenvalue weighted by atomic mass is 10.0. The molecule has 0 spiro atoms. The Morgan fingerprint density at radius 1 is 0.960 bits per heavy atom. The maximum Gasteiger partial charge on any atom is 0.253 e. The molecule has 0 saturated carbocycles. The van der Waals surface area contributed by atoms with Gasteiger partial charge in [-0.15, -0.1) is 0 Å². The zero-order valence-corrected chi connectivity index (χ0v) is 15.3. The van der Waals surface area contributed by atoms with Gasteiger partial charge in [-0.1, -0.05) is 34.1 Å². The molecule has 0 N–H and O–H groups in total. The standard InChI is InChI=1S/C19H19BrN2O3/c20-15-9-7-14(8-10-15)18(24)17(22-13-5-2-6-16(22)23)19(25)21-11-3-1-4-12-21/h2,5-10,13,17H,1,3-4,11-12H2/t17-/m1/s1. The molecule has 2 heterocycles. The Morgan fingerprint density at radius 2 is 1.64 bits per heavy atom. The molecule has 0 aliphatic carbocycles. The highest BCUT2D eigenvalue weighted by Gasteiger charge is 2.33. The van der Waals surface area contributed by atoms with Crippen molar-refractivity contribution in [3.63, 3.8) is 0 Å². The number of Topliss-reactive ketones (excluding diaryl/α,β-unsaturated/α-hetero) is 1. The van der Waals surface area contributed by atoms with Crippen LogP contribution in [0, 0.1) is 0 Å². The van der Waals surface area contributed by atoms with Gasteiger partial charge in [-0.05, 0) is 37.5 Å². The fourth-order valence-corrected chi connectivity index (χ4v) is 3.33. The Balaban J connectivity index is 2.00. The van der Waals surface area contributed by atoms with Crippen LogP contribution < -0.4 is 5.56 Å². The molecule has 6 heteroatoms. The van der Waals surface area contributed by atoms with Gasteiger partial charge in [0.2, 0.25) is 0 Å². The van der Waals surface area contributed by atoms with Crippen LogP contribution >= 0.6 is 15.9 Å². The Morgan fingerprint density at radius 3 is 2.28 bits per heavy atom. The largest absolute Gasteiger partial charge is 0.340 e. The highest BCUT2D eigenvalue weighted by molar-refractivity contribution is 9.10. The molecule has 1 fully saturated rings. The predicted molar refractivity (Wildman–Crippen MR) is 98.6 cm³/mol. The summed E-state index contributed by atoms with van der Waals surface area (Å²) in [5, 5.41) is 0. The molecule has 0 bridgehead atoms. The molecule has 2 aromatic rings. The van der Waals surface area contributed by atoms with E-state index in [-0.39, 0.29) is 17.2 Å². The van der Waals surface area contributed by atoms with E-state index in [2.05, 4.69) is 15.9 Å². The van der Waals surface area contributed by atoms with E-state index in [0.29, 0.717) is 18.7 Å². The summed E-state index contributed by atoms with van der Waals surface area (Å²) in [5.41, 5.74) is 0.0534. The number of rotatable bonds is 4. The first-order valence-electron chi connectivity index (χ1n) is 8.33. The maximum atomic E-state index is 13.1. The lowest BCUT2D eigenvalue weighted by Gasteiger charge is -2.30. The van der Waals surface area contributed by atoms with E-state index in [4.69, 9.17) is 0 Å². The van der Waals surface area contributed by atoms with E-state index in [1.807, 2.05) is 0 Å². The molecule has 5 nitrogen and oxygen atoms in total. The van der Waals surface area contributed by atoms with Crippen LogP contribution in [-0.4, -0.2) is 34.2 Å². The Labute approximate surface area is 154 Å². The van der Waals surface area contributed by atoms with Gasteiger partial charge in [-0.2, -0.15) is 0 Å². The maximum absolute atomic E-state index is 13.1. The van der Waals surface area contributed by atoms with Crippen molar-refractivity contribution in [1.82, 2.24) is 9.47 Å². The number of carbonyl (C=O) groups excluding carboxylic acids is 2.